The number of sulfonamides is 2. The van der Waals surface area contributed by atoms with Gasteiger partial charge in [-0.05, 0) is 18.2 Å². The van der Waals surface area contributed by atoms with Crippen LogP contribution in [-0.4, -0.2) is 46.2 Å². The molecule has 1 aromatic heterocycles. The van der Waals surface area contributed by atoms with Gasteiger partial charge in [-0.1, -0.05) is 24.3 Å². The van der Waals surface area contributed by atoms with Crippen molar-refractivity contribution in [1.82, 2.24) is 10.2 Å². The van der Waals surface area contributed by atoms with Gasteiger partial charge in [-0.2, -0.15) is 8.42 Å². The highest BCUT2D eigenvalue weighted by Gasteiger charge is 2.21. The van der Waals surface area contributed by atoms with Gasteiger partial charge in [0.15, 0.2) is 0 Å². The fourth-order valence-electron chi connectivity index (χ4n) is 1.73. The van der Waals surface area contributed by atoms with E-state index in [4.69, 9.17) is 0 Å². The summed E-state index contributed by atoms with van der Waals surface area (Å²) in [5, 5.41) is 9.69. The third-order valence-electron chi connectivity index (χ3n) is 3.16. The Morgan fingerprint density at radius 2 is 1.92 bits per heavy atom. The molecule has 0 spiro atoms. The van der Waals surface area contributed by atoms with E-state index in [2.05, 4.69) is 20.2 Å². The van der Waals surface area contributed by atoms with E-state index in [1.807, 2.05) is 0 Å². The first-order chi connectivity index (χ1) is 12.0. The van der Waals surface area contributed by atoms with E-state index in [0.717, 1.165) is 10.6 Å². The van der Waals surface area contributed by atoms with Crippen LogP contribution in [0, 0.1) is 0 Å². The van der Waals surface area contributed by atoms with E-state index in [-0.39, 0.29) is 27.5 Å². The molecule has 0 radical (unpaired) electrons. The van der Waals surface area contributed by atoms with E-state index < -0.39 is 20.0 Å². The molecular weight excluding hydrogens is 402 g/mol. The molecule has 26 heavy (non-hydrogen) atoms. The molecule has 13 heteroatoms. The molecule has 0 unspecified atom stereocenters. The predicted octanol–water partition coefficient (Wildman–Crippen LogP) is 1.08. The van der Waals surface area contributed by atoms with Crippen molar-refractivity contribution in [3.63, 3.8) is 0 Å². The Balaban J connectivity index is 2.23. The molecule has 0 saturated carbocycles. The summed E-state index contributed by atoms with van der Waals surface area (Å²) in [7, 11) is -6.16. The van der Waals surface area contributed by atoms with Crippen molar-refractivity contribution >= 4 is 53.8 Å². The summed E-state index contributed by atoms with van der Waals surface area (Å²) in [5.41, 5.74) is 0.452. The normalized spacial score (nSPS) is 11.8. The molecule has 0 aliphatic rings. The number of hydrogen-bond donors (Lipinski definition) is 2. The fourth-order valence-corrected chi connectivity index (χ4v) is 4.20. The lowest BCUT2D eigenvalue weighted by Crippen LogP contribution is -2.24. The molecule has 142 valence electrons. The molecule has 0 fully saturated rings. The number of nitrogens with one attached hydrogen (secondary N) is 2. The van der Waals surface area contributed by atoms with Gasteiger partial charge in [-0.25, -0.2) is 8.42 Å². The first-order valence-electron chi connectivity index (χ1n) is 7.23. The summed E-state index contributed by atoms with van der Waals surface area (Å²) in [6.07, 6.45) is 1.26. The van der Waals surface area contributed by atoms with Gasteiger partial charge in [-0.3, -0.25) is 13.8 Å². The second-order valence-corrected chi connectivity index (χ2v) is 10.0. The molecule has 0 saturated heterocycles. The van der Waals surface area contributed by atoms with E-state index in [1.165, 1.54) is 31.3 Å². The largest absolute Gasteiger partial charge is 0.301 e. The molecule has 10 nitrogen and oxygen atoms in total. The van der Waals surface area contributed by atoms with E-state index in [9.17, 15) is 21.6 Å². The van der Waals surface area contributed by atoms with Crippen molar-refractivity contribution in [2.75, 3.05) is 27.6 Å². The highest BCUT2D eigenvalue weighted by atomic mass is 32.2. The monoisotopic (exact) mass is 419 g/mol. The average molecular weight is 420 g/mol. The van der Waals surface area contributed by atoms with Crippen LogP contribution in [0.4, 0.5) is 16.5 Å². The van der Waals surface area contributed by atoms with Crippen LogP contribution in [0.3, 0.4) is 0 Å². The van der Waals surface area contributed by atoms with Crippen LogP contribution in [0.25, 0.3) is 0 Å². The summed E-state index contributed by atoms with van der Waals surface area (Å²) in [4.78, 5) is 11.3. The van der Waals surface area contributed by atoms with Gasteiger partial charge in [0.1, 0.15) is 0 Å². The lowest BCUT2D eigenvalue weighted by atomic mass is 10.3. The second-order valence-electron chi connectivity index (χ2n) is 5.16. The van der Waals surface area contributed by atoms with E-state index >= 15 is 0 Å². The number of benzene rings is 1. The Labute approximate surface area is 155 Å². The second kappa shape index (κ2) is 7.55. The van der Waals surface area contributed by atoms with Crippen LogP contribution in [0.2, 0.25) is 0 Å². The standard InChI is InChI=1S/C13H17N5O5S3/c1-4-11(19)14-12-15-16-13(24-12)26(22,23)17-9-6-5-7-10(8-9)18(2)25(3,20)21/h5-8,17H,4H2,1-3H3,(H,14,15,19). The quantitative estimate of drug-likeness (QED) is 0.640. The van der Waals surface area contributed by atoms with Gasteiger partial charge >= 0.3 is 0 Å². The molecule has 1 aromatic carbocycles. The SMILES string of the molecule is CCC(=O)Nc1nnc(S(=O)(=O)Nc2cccc(N(C)S(C)(=O)=O)c2)s1. The Hall–Kier alpha value is -2.25. The third kappa shape index (κ3) is 4.89. The van der Waals surface area contributed by atoms with Crippen LogP contribution in [0.1, 0.15) is 13.3 Å². The first kappa shape index (κ1) is 20.1. The molecule has 1 amide bonds. The lowest BCUT2D eigenvalue weighted by Gasteiger charge is -2.17. The molecule has 0 atom stereocenters. The summed E-state index contributed by atoms with van der Waals surface area (Å²) in [6, 6.07) is 5.89. The highest BCUT2D eigenvalue weighted by molar-refractivity contribution is 7.94. The minimum atomic E-state index is -4.04. The van der Waals surface area contributed by atoms with Crippen molar-refractivity contribution in [3.05, 3.63) is 24.3 Å². The van der Waals surface area contributed by atoms with Crippen LogP contribution >= 0.6 is 11.3 Å². The van der Waals surface area contributed by atoms with Crippen LogP contribution in [-0.2, 0) is 24.8 Å². The fraction of sp³-hybridized carbons (Fsp3) is 0.308. The maximum atomic E-state index is 12.4. The molecule has 1 heterocycles. The molecule has 0 aliphatic carbocycles. The van der Waals surface area contributed by atoms with Crippen LogP contribution in [0.15, 0.2) is 28.6 Å². The number of amides is 1. The highest BCUT2D eigenvalue weighted by Crippen LogP contribution is 2.25. The molecule has 2 aromatic rings. The zero-order chi connectivity index (χ0) is 19.5. The molecule has 2 rings (SSSR count). The Morgan fingerprint density at radius 1 is 1.23 bits per heavy atom. The Bertz CT molecular complexity index is 1020. The summed E-state index contributed by atoms with van der Waals surface area (Å²) >= 11 is 0.707. The molecular formula is C13H17N5O5S3. The van der Waals surface area contributed by atoms with Gasteiger partial charge in [-0.15, -0.1) is 10.2 Å². The topological polar surface area (TPSA) is 138 Å². The molecule has 0 aliphatic heterocycles. The van der Waals surface area contributed by atoms with Crippen molar-refractivity contribution in [1.29, 1.82) is 0 Å². The number of carbonyl (C=O) groups excluding carboxylic acids is 1. The van der Waals surface area contributed by atoms with Crippen molar-refractivity contribution in [3.8, 4) is 0 Å². The van der Waals surface area contributed by atoms with E-state index in [1.54, 1.807) is 6.92 Å². The van der Waals surface area contributed by atoms with Gasteiger partial charge in [0.05, 0.1) is 17.6 Å². The minimum Gasteiger partial charge on any atom is -0.301 e. The van der Waals surface area contributed by atoms with Crippen molar-refractivity contribution in [2.45, 2.75) is 17.7 Å². The van der Waals surface area contributed by atoms with Gasteiger partial charge in [0, 0.05) is 13.5 Å². The average Bonchev–Trinajstić information content (AvgIpc) is 3.02. The summed E-state index contributed by atoms with van der Waals surface area (Å²) < 4.78 is 51.0. The number of aromatic nitrogens is 2. The number of carbonyl (C=O) groups is 1. The number of anilines is 3. The lowest BCUT2D eigenvalue weighted by molar-refractivity contribution is -0.115. The van der Waals surface area contributed by atoms with Crippen molar-refractivity contribution < 1.29 is 21.6 Å². The summed E-state index contributed by atoms with van der Waals surface area (Å²) in [6.45, 7) is 1.65. The first-order valence-corrected chi connectivity index (χ1v) is 11.4. The zero-order valence-electron chi connectivity index (χ0n) is 14.1. The van der Waals surface area contributed by atoms with E-state index in [0.29, 0.717) is 17.0 Å². The Kier molecular flexibility index (Phi) is 5.83. The minimum absolute atomic E-state index is 0.0720. The smallest absolute Gasteiger partial charge is 0.291 e. The maximum Gasteiger partial charge on any atom is 0.291 e. The number of rotatable bonds is 7. The number of hydrogen-bond acceptors (Lipinski definition) is 8. The van der Waals surface area contributed by atoms with Gasteiger partial charge in [0.2, 0.25) is 21.1 Å². The third-order valence-corrected chi connectivity index (χ3v) is 6.96. The zero-order valence-corrected chi connectivity index (χ0v) is 16.6. The molecule has 2 N–H and O–H groups in total. The van der Waals surface area contributed by atoms with Crippen LogP contribution in [0.5, 0.6) is 0 Å². The van der Waals surface area contributed by atoms with Gasteiger partial charge in [0.25, 0.3) is 14.4 Å². The Morgan fingerprint density at radius 3 is 2.54 bits per heavy atom. The maximum absolute atomic E-state index is 12.4. The van der Waals surface area contributed by atoms with Crippen molar-refractivity contribution in [2.24, 2.45) is 0 Å². The summed E-state index contributed by atoms with van der Waals surface area (Å²) in [5.74, 6) is -0.311. The predicted molar refractivity (Wildman–Crippen MR) is 99.3 cm³/mol. The van der Waals surface area contributed by atoms with Crippen LogP contribution < -0.4 is 14.3 Å². The number of nitrogens with zero attached hydrogens (tertiary/aromatic N) is 3. The molecule has 0 bridgehead atoms. The van der Waals surface area contributed by atoms with Gasteiger partial charge < -0.3 is 5.32 Å².